The molecular weight excluding hydrogens is 414 g/mol. The third-order valence-corrected chi connectivity index (χ3v) is 6.40. The zero-order chi connectivity index (χ0) is 22.8. The van der Waals surface area contributed by atoms with E-state index >= 15 is 0 Å². The molecule has 33 heavy (non-hydrogen) atoms. The Labute approximate surface area is 193 Å². The molecule has 2 aliphatic heterocycles. The summed E-state index contributed by atoms with van der Waals surface area (Å²) in [6.45, 7) is 3.91. The van der Waals surface area contributed by atoms with Crippen molar-refractivity contribution in [2.75, 3.05) is 34.8 Å². The lowest BCUT2D eigenvalue weighted by atomic mass is 9.96. The van der Waals surface area contributed by atoms with Gasteiger partial charge in [0, 0.05) is 37.7 Å². The molecule has 0 radical (unpaired) electrons. The number of aryl methyl sites for hydroxylation is 1. The van der Waals surface area contributed by atoms with Crippen molar-refractivity contribution in [3.05, 3.63) is 77.6 Å². The molecule has 0 bridgehead atoms. The summed E-state index contributed by atoms with van der Waals surface area (Å²) in [6.07, 6.45) is 5.96. The number of benzene rings is 1. The predicted molar refractivity (Wildman–Crippen MR) is 129 cm³/mol. The first-order valence-corrected chi connectivity index (χ1v) is 11.4. The molecule has 1 atom stereocenters. The number of anilines is 3. The van der Waals surface area contributed by atoms with Crippen LogP contribution in [0.4, 0.5) is 17.3 Å². The number of fused-ring (bicyclic) bond motifs is 1. The molecule has 2 aromatic heterocycles. The van der Waals surface area contributed by atoms with Crippen molar-refractivity contribution in [3.63, 3.8) is 0 Å². The molecule has 5 rings (SSSR count). The summed E-state index contributed by atoms with van der Waals surface area (Å²) < 4.78 is 0. The van der Waals surface area contributed by atoms with E-state index in [0.29, 0.717) is 30.3 Å². The quantitative estimate of drug-likeness (QED) is 0.666. The molecule has 1 N–H and O–H groups in total. The SMILES string of the molecule is Cc1ccc(NC(=O)C2CCCN(c3ncccc3C(=O)N3CCc4ccccc43)C2)nc1. The number of hydrogen-bond acceptors (Lipinski definition) is 5. The minimum atomic E-state index is -0.195. The molecule has 0 spiro atoms. The lowest BCUT2D eigenvalue weighted by Crippen LogP contribution is -2.42. The highest BCUT2D eigenvalue weighted by molar-refractivity contribution is 6.10. The number of nitrogens with one attached hydrogen (secondary N) is 1. The normalized spacial score (nSPS) is 17.5. The van der Waals surface area contributed by atoms with E-state index in [1.165, 1.54) is 5.56 Å². The Kier molecular flexibility index (Phi) is 5.77. The molecular formula is C26H27N5O2. The highest BCUT2D eigenvalue weighted by atomic mass is 16.2. The van der Waals surface area contributed by atoms with Crippen LogP contribution in [0.3, 0.4) is 0 Å². The average Bonchev–Trinajstić information content (AvgIpc) is 3.29. The van der Waals surface area contributed by atoms with Crippen LogP contribution >= 0.6 is 0 Å². The fourth-order valence-corrected chi connectivity index (χ4v) is 4.66. The maximum atomic E-state index is 13.5. The molecule has 1 saturated heterocycles. The van der Waals surface area contributed by atoms with Crippen molar-refractivity contribution in [2.45, 2.75) is 26.2 Å². The van der Waals surface area contributed by atoms with E-state index in [9.17, 15) is 9.59 Å². The number of carbonyl (C=O) groups excluding carboxylic acids is 2. The molecule has 1 fully saturated rings. The third-order valence-electron chi connectivity index (χ3n) is 6.40. The summed E-state index contributed by atoms with van der Waals surface area (Å²) in [4.78, 5) is 39.2. The highest BCUT2D eigenvalue weighted by Gasteiger charge is 2.31. The molecule has 4 heterocycles. The van der Waals surface area contributed by atoms with Crippen LogP contribution in [-0.4, -0.2) is 41.4 Å². The Hall–Kier alpha value is -3.74. The van der Waals surface area contributed by atoms with Gasteiger partial charge >= 0.3 is 0 Å². The molecule has 2 aliphatic rings. The molecule has 168 valence electrons. The van der Waals surface area contributed by atoms with Crippen LogP contribution in [0.5, 0.6) is 0 Å². The maximum absolute atomic E-state index is 13.5. The second kappa shape index (κ2) is 9.02. The van der Waals surface area contributed by atoms with Crippen molar-refractivity contribution >= 4 is 29.1 Å². The van der Waals surface area contributed by atoms with E-state index in [1.54, 1.807) is 18.5 Å². The minimum absolute atomic E-state index is 0.0431. The monoisotopic (exact) mass is 441 g/mol. The number of carbonyl (C=O) groups is 2. The number of rotatable bonds is 4. The molecule has 3 aromatic rings. The number of hydrogen-bond donors (Lipinski definition) is 1. The standard InChI is InChI=1S/C26H27N5O2/c1-18-10-11-23(28-16-18)29-25(32)20-7-5-14-30(17-20)24-21(8-4-13-27-24)26(33)31-15-12-19-6-2-3-9-22(19)31/h2-4,6,8-11,13,16,20H,5,7,12,14-15,17H2,1H3,(H,28,29,32). The Morgan fingerprint density at radius 3 is 2.76 bits per heavy atom. The molecule has 1 aromatic carbocycles. The van der Waals surface area contributed by atoms with Gasteiger partial charge in [0.05, 0.1) is 11.5 Å². The van der Waals surface area contributed by atoms with Gasteiger partial charge in [0.2, 0.25) is 5.91 Å². The number of aromatic nitrogens is 2. The zero-order valence-corrected chi connectivity index (χ0v) is 18.7. The maximum Gasteiger partial charge on any atom is 0.262 e. The van der Waals surface area contributed by atoms with Crippen LogP contribution in [0, 0.1) is 12.8 Å². The van der Waals surface area contributed by atoms with E-state index in [2.05, 4.69) is 26.3 Å². The molecule has 0 saturated carbocycles. The van der Waals surface area contributed by atoms with Crippen LogP contribution in [0.1, 0.15) is 34.3 Å². The third kappa shape index (κ3) is 4.31. The molecule has 0 aliphatic carbocycles. The van der Waals surface area contributed by atoms with Gasteiger partial charge in [-0.05, 0) is 61.6 Å². The van der Waals surface area contributed by atoms with Crippen LogP contribution < -0.4 is 15.1 Å². The number of amides is 2. The fraction of sp³-hybridized carbons (Fsp3) is 0.308. The summed E-state index contributed by atoms with van der Waals surface area (Å²) in [5.74, 6) is 0.924. The summed E-state index contributed by atoms with van der Waals surface area (Å²) in [6, 6.07) is 15.4. The van der Waals surface area contributed by atoms with Crippen LogP contribution in [-0.2, 0) is 11.2 Å². The lowest BCUT2D eigenvalue weighted by molar-refractivity contribution is -0.120. The van der Waals surface area contributed by atoms with Crippen molar-refractivity contribution in [1.82, 2.24) is 9.97 Å². The van der Waals surface area contributed by atoms with Crippen molar-refractivity contribution in [1.29, 1.82) is 0 Å². The first kappa shape index (κ1) is 21.1. The minimum Gasteiger partial charge on any atom is -0.355 e. The van der Waals surface area contributed by atoms with Gasteiger partial charge in [-0.25, -0.2) is 9.97 Å². The summed E-state index contributed by atoms with van der Waals surface area (Å²) in [7, 11) is 0. The molecule has 2 amide bonds. The van der Waals surface area contributed by atoms with Crippen LogP contribution in [0.25, 0.3) is 0 Å². The van der Waals surface area contributed by atoms with Gasteiger partial charge in [-0.2, -0.15) is 0 Å². The van der Waals surface area contributed by atoms with Gasteiger partial charge in [-0.3, -0.25) is 9.59 Å². The Morgan fingerprint density at radius 1 is 1.03 bits per heavy atom. The highest BCUT2D eigenvalue weighted by Crippen LogP contribution is 2.32. The molecule has 7 heteroatoms. The fourth-order valence-electron chi connectivity index (χ4n) is 4.66. The van der Waals surface area contributed by atoms with Gasteiger partial charge in [0.15, 0.2) is 0 Å². The Morgan fingerprint density at radius 2 is 1.91 bits per heavy atom. The van der Waals surface area contributed by atoms with E-state index in [0.717, 1.165) is 37.1 Å². The van der Waals surface area contributed by atoms with Gasteiger partial charge in [-0.15, -0.1) is 0 Å². The topological polar surface area (TPSA) is 78.4 Å². The number of nitrogens with zero attached hydrogens (tertiary/aromatic N) is 4. The Balaban J connectivity index is 1.34. The van der Waals surface area contributed by atoms with Crippen molar-refractivity contribution in [3.8, 4) is 0 Å². The smallest absolute Gasteiger partial charge is 0.262 e. The van der Waals surface area contributed by atoms with E-state index in [1.807, 2.05) is 48.2 Å². The predicted octanol–water partition coefficient (Wildman–Crippen LogP) is 3.84. The average molecular weight is 442 g/mol. The second-order valence-corrected chi connectivity index (χ2v) is 8.71. The van der Waals surface area contributed by atoms with Crippen molar-refractivity contribution in [2.24, 2.45) is 5.92 Å². The van der Waals surface area contributed by atoms with Crippen LogP contribution in [0.2, 0.25) is 0 Å². The van der Waals surface area contributed by atoms with Gasteiger partial charge in [-0.1, -0.05) is 24.3 Å². The first-order chi connectivity index (χ1) is 16.1. The summed E-state index contributed by atoms with van der Waals surface area (Å²) in [5, 5.41) is 2.93. The molecule has 1 unspecified atom stereocenters. The lowest BCUT2D eigenvalue weighted by Gasteiger charge is -2.34. The van der Waals surface area contributed by atoms with E-state index < -0.39 is 0 Å². The number of piperidine rings is 1. The number of pyridine rings is 2. The first-order valence-electron chi connectivity index (χ1n) is 11.4. The van der Waals surface area contributed by atoms with Gasteiger partial charge in [0.25, 0.3) is 5.91 Å². The van der Waals surface area contributed by atoms with E-state index in [-0.39, 0.29) is 17.7 Å². The Bertz CT molecular complexity index is 1180. The number of para-hydroxylation sites is 1. The summed E-state index contributed by atoms with van der Waals surface area (Å²) in [5.41, 5.74) is 3.79. The zero-order valence-electron chi connectivity index (χ0n) is 18.7. The van der Waals surface area contributed by atoms with Gasteiger partial charge in [0.1, 0.15) is 11.6 Å². The largest absolute Gasteiger partial charge is 0.355 e. The summed E-state index contributed by atoms with van der Waals surface area (Å²) >= 11 is 0. The second-order valence-electron chi connectivity index (χ2n) is 8.71. The van der Waals surface area contributed by atoms with Crippen molar-refractivity contribution < 1.29 is 9.59 Å². The van der Waals surface area contributed by atoms with Gasteiger partial charge < -0.3 is 15.1 Å². The van der Waals surface area contributed by atoms with E-state index in [4.69, 9.17) is 0 Å². The molecule has 7 nitrogen and oxygen atoms in total. The van der Waals surface area contributed by atoms with Crippen LogP contribution in [0.15, 0.2) is 60.9 Å².